The van der Waals surface area contributed by atoms with Gasteiger partial charge in [-0.2, -0.15) is 0 Å². The molecule has 0 spiro atoms. The molecular weight excluding hydrogens is 268 g/mol. The van der Waals surface area contributed by atoms with Gasteiger partial charge in [-0.3, -0.25) is 4.79 Å². The molecule has 0 aliphatic carbocycles. The summed E-state index contributed by atoms with van der Waals surface area (Å²) in [4.78, 5) is 11.8. The zero-order chi connectivity index (χ0) is 15.9. The zero-order valence-corrected chi connectivity index (χ0v) is 13.7. The van der Waals surface area contributed by atoms with E-state index in [-0.39, 0.29) is 5.78 Å². The minimum atomic E-state index is 0.164. The Morgan fingerprint density at radius 3 is 1.82 bits per heavy atom. The molecule has 0 N–H and O–H groups in total. The molecule has 0 aliphatic heterocycles. The van der Waals surface area contributed by atoms with E-state index < -0.39 is 0 Å². The molecule has 0 unspecified atom stereocenters. The quantitative estimate of drug-likeness (QED) is 0.653. The molecule has 0 amide bonds. The van der Waals surface area contributed by atoms with E-state index in [0.717, 1.165) is 17.6 Å². The first-order valence-corrected chi connectivity index (χ1v) is 7.94. The normalized spacial score (nSPS) is 10.3. The van der Waals surface area contributed by atoms with E-state index in [1.165, 1.54) is 23.1 Å². The van der Waals surface area contributed by atoms with Crippen molar-refractivity contribution in [1.82, 2.24) is 0 Å². The summed E-state index contributed by atoms with van der Waals surface area (Å²) in [6.07, 6.45) is 4.49. The van der Waals surface area contributed by atoms with Gasteiger partial charge < -0.3 is 0 Å². The van der Waals surface area contributed by atoms with Gasteiger partial charge in [-0.15, -0.1) is 0 Å². The Bertz CT molecular complexity index is 641. The molecule has 0 aliphatic rings. The van der Waals surface area contributed by atoms with E-state index in [9.17, 15) is 4.79 Å². The molecule has 114 valence electrons. The third-order valence-corrected chi connectivity index (χ3v) is 3.61. The van der Waals surface area contributed by atoms with Crippen LogP contribution in [-0.2, 0) is 17.6 Å². The van der Waals surface area contributed by atoms with Gasteiger partial charge in [0.2, 0.25) is 0 Å². The Labute approximate surface area is 133 Å². The van der Waals surface area contributed by atoms with Crippen LogP contribution in [-0.4, -0.2) is 5.78 Å². The van der Waals surface area contributed by atoms with E-state index in [0.29, 0.717) is 6.42 Å². The largest absolute Gasteiger partial charge is 0.294 e. The molecule has 0 fully saturated rings. The molecule has 0 atom stereocenters. The van der Waals surface area contributed by atoms with Crippen LogP contribution in [0.15, 0.2) is 60.2 Å². The second-order valence-electron chi connectivity index (χ2n) is 6.01. The summed E-state index contributed by atoms with van der Waals surface area (Å²) in [6, 6.07) is 17.0. The first kappa shape index (κ1) is 16.2. The second-order valence-corrected chi connectivity index (χ2v) is 6.01. The number of benzene rings is 2. The minimum absolute atomic E-state index is 0.164. The molecular formula is C21H24O. The number of carbonyl (C=O) groups excluding carboxylic acids is 1. The van der Waals surface area contributed by atoms with Crippen LogP contribution in [0.5, 0.6) is 0 Å². The topological polar surface area (TPSA) is 17.1 Å². The van der Waals surface area contributed by atoms with Crippen LogP contribution in [0.2, 0.25) is 0 Å². The Morgan fingerprint density at radius 2 is 1.36 bits per heavy atom. The van der Waals surface area contributed by atoms with Gasteiger partial charge in [-0.25, -0.2) is 0 Å². The molecule has 0 saturated carbocycles. The van der Waals surface area contributed by atoms with Crippen LogP contribution < -0.4 is 0 Å². The van der Waals surface area contributed by atoms with E-state index >= 15 is 0 Å². The number of rotatable bonds is 6. The first-order chi connectivity index (χ1) is 10.6. The maximum atomic E-state index is 11.8. The van der Waals surface area contributed by atoms with Crippen molar-refractivity contribution in [2.75, 3.05) is 0 Å². The van der Waals surface area contributed by atoms with Gasteiger partial charge in [-0.1, -0.05) is 67.4 Å². The summed E-state index contributed by atoms with van der Waals surface area (Å²) in [6.45, 7) is 6.09. The molecule has 1 heteroatoms. The van der Waals surface area contributed by atoms with Gasteiger partial charge in [-0.05, 0) is 48.6 Å². The number of hydrogen-bond donors (Lipinski definition) is 0. The average molecular weight is 292 g/mol. The molecule has 22 heavy (non-hydrogen) atoms. The molecule has 1 nitrogen and oxygen atoms in total. The predicted octanol–water partition coefficient (Wildman–Crippen LogP) is 5.38. The molecule has 0 bridgehead atoms. The summed E-state index contributed by atoms with van der Waals surface area (Å²) in [5.74, 6) is 0.164. The lowest BCUT2D eigenvalue weighted by Crippen LogP contribution is -1.99. The Morgan fingerprint density at radius 1 is 0.864 bits per heavy atom. The minimum Gasteiger partial charge on any atom is -0.294 e. The Hall–Kier alpha value is -2.15. The molecule has 0 aromatic heterocycles. The van der Waals surface area contributed by atoms with Gasteiger partial charge in [0.15, 0.2) is 5.78 Å². The van der Waals surface area contributed by atoms with Gasteiger partial charge >= 0.3 is 0 Å². The molecule has 2 aromatic carbocycles. The Balaban J connectivity index is 2.08. The third kappa shape index (κ3) is 4.70. The van der Waals surface area contributed by atoms with E-state index in [2.05, 4.69) is 43.3 Å². The van der Waals surface area contributed by atoms with E-state index in [4.69, 9.17) is 0 Å². The van der Waals surface area contributed by atoms with Crippen molar-refractivity contribution in [1.29, 1.82) is 0 Å². The van der Waals surface area contributed by atoms with Crippen molar-refractivity contribution >= 4 is 5.78 Å². The van der Waals surface area contributed by atoms with Crippen molar-refractivity contribution in [3.8, 4) is 11.1 Å². The highest BCUT2D eigenvalue weighted by Crippen LogP contribution is 2.21. The van der Waals surface area contributed by atoms with Crippen LogP contribution in [0.3, 0.4) is 0 Å². The van der Waals surface area contributed by atoms with E-state index in [1.54, 1.807) is 6.08 Å². The molecule has 2 rings (SSSR count). The first-order valence-electron chi connectivity index (χ1n) is 7.94. The van der Waals surface area contributed by atoms with Crippen molar-refractivity contribution in [3.05, 3.63) is 71.3 Å². The Kier molecular flexibility index (Phi) is 5.71. The zero-order valence-electron chi connectivity index (χ0n) is 13.7. The summed E-state index contributed by atoms with van der Waals surface area (Å²) < 4.78 is 0. The highest BCUT2D eigenvalue weighted by Gasteiger charge is 2.02. The molecule has 0 saturated heterocycles. The number of ketones is 1. The number of allylic oxidation sites excluding steroid dienone is 2. The summed E-state index contributed by atoms with van der Waals surface area (Å²) >= 11 is 0. The van der Waals surface area contributed by atoms with Crippen LogP contribution in [0.4, 0.5) is 0 Å². The monoisotopic (exact) mass is 292 g/mol. The summed E-state index contributed by atoms with van der Waals surface area (Å²) in [7, 11) is 0. The van der Waals surface area contributed by atoms with Gasteiger partial charge in [0.1, 0.15) is 0 Å². The van der Waals surface area contributed by atoms with Crippen molar-refractivity contribution in [2.45, 2.75) is 40.0 Å². The van der Waals surface area contributed by atoms with Crippen LogP contribution in [0.1, 0.15) is 38.3 Å². The lowest BCUT2D eigenvalue weighted by atomic mass is 10.00. The maximum absolute atomic E-state index is 11.8. The highest BCUT2D eigenvalue weighted by molar-refractivity contribution is 5.92. The highest BCUT2D eigenvalue weighted by atomic mass is 16.1. The fourth-order valence-electron chi connectivity index (χ4n) is 2.54. The number of carbonyl (C=O) groups is 1. The standard InChI is InChI=1S/C21H24O/c1-4-5-17-6-10-19(11-7-17)20-12-8-18(9-13-20)15-21(22)14-16(2)3/h6-14H,4-5,15H2,1-3H3. The average Bonchev–Trinajstić information content (AvgIpc) is 2.48. The second kappa shape index (κ2) is 7.74. The summed E-state index contributed by atoms with van der Waals surface area (Å²) in [5, 5.41) is 0. The third-order valence-electron chi connectivity index (χ3n) is 3.61. The fourth-order valence-corrected chi connectivity index (χ4v) is 2.54. The van der Waals surface area contributed by atoms with Crippen LogP contribution >= 0.6 is 0 Å². The van der Waals surface area contributed by atoms with Gasteiger partial charge in [0.05, 0.1) is 0 Å². The fraction of sp³-hybridized carbons (Fsp3) is 0.286. The van der Waals surface area contributed by atoms with Crippen LogP contribution in [0.25, 0.3) is 11.1 Å². The van der Waals surface area contributed by atoms with E-state index in [1.807, 2.05) is 26.0 Å². The van der Waals surface area contributed by atoms with Crippen LogP contribution in [0, 0.1) is 0 Å². The lowest BCUT2D eigenvalue weighted by molar-refractivity contribution is -0.114. The number of aryl methyl sites for hydroxylation is 1. The summed E-state index contributed by atoms with van der Waals surface area (Å²) in [5.41, 5.74) is 5.92. The van der Waals surface area contributed by atoms with Crippen molar-refractivity contribution in [3.63, 3.8) is 0 Å². The van der Waals surface area contributed by atoms with Crippen molar-refractivity contribution < 1.29 is 4.79 Å². The maximum Gasteiger partial charge on any atom is 0.159 e. The smallest absolute Gasteiger partial charge is 0.159 e. The molecule has 0 radical (unpaired) electrons. The molecule has 2 aromatic rings. The van der Waals surface area contributed by atoms with Gasteiger partial charge in [0, 0.05) is 6.42 Å². The molecule has 0 heterocycles. The van der Waals surface area contributed by atoms with Crippen molar-refractivity contribution in [2.24, 2.45) is 0 Å². The van der Waals surface area contributed by atoms with Gasteiger partial charge in [0.25, 0.3) is 0 Å². The predicted molar refractivity (Wildman–Crippen MR) is 94.0 cm³/mol. The number of hydrogen-bond acceptors (Lipinski definition) is 1. The lowest BCUT2D eigenvalue weighted by Gasteiger charge is -2.05. The SMILES string of the molecule is CCCc1ccc(-c2ccc(CC(=O)C=C(C)C)cc2)cc1.